The normalized spacial score (nSPS) is 27.0. The molecule has 0 aromatic rings. The van der Waals surface area contributed by atoms with Gasteiger partial charge in [0.05, 0.1) is 11.8 Å². The third kappa shape index (κ3) is 5.80. The number of nitrogens with one attached hydrogen (secondary N) is 2. The maximum atomic E-state index is 12.7. The Morgan fingerprint density at radius 3 is 2.19 bits per heavy atom. The van der Waals surface area contributed by atoms with Crippen LogP contribution in [0.3, 0.4) is 0 Å². The number of hydrogen-bond acceptors (Lipinski definition) is 4. The number of carbonyl (C=O) groups excluding carboxylic acids is 2. The number of likely N-dealkylation sites (tertiary alicyclic amines) is 1. The number of imide groups is 1. The fourth-order valence-corrected chi connectivity index (χ4v) is 5.36. The van der Waals surface area contributed by atoms with Crippen LogP contribution in [0.4, 0.5) is 0 Å². The van der Waals surface area contributed by atoms with Crippen LogP contribution >= 0.6 is 24.0 Å². The van der Waals surface area contributed by atoms with Gasteiger partial charge in [0.1, 0.15) is 0 Å². The van der Waals surface area contributed by atoms with E-state index in [2.05, 4.69) is 60.4 Å². The molecule has 0 aromatic heterocycles. The van der Waals surface area contributed by atoms with E-state index in [1.165, 1.54) is 4.90 Å². The first-order chi connectivity index (χ1) is 14.3. The Balaban J connectivity index is 0.00000341. The minimum atomic E-state index is -0.0974. The molecule has 0 aromatic carbocycles. The van der Waals surface area contributed by atoms with Gasteiger partial charge in [0.25, 0.3) is 0 Å². The number of rotatable bonds is 10. The molecule has 2 bridgehead atoms. The molecule has 2 fully saturated rings. The Labute approximate surface area is 204 Å². The van der Waals surface area contributed by atoms with Crippen LogP contribution in [0.25, 0.3) is 0 Å². The Hall–Kier alpha value is -1.16. The fraction of sp³-hybridized carbons (Fsp3) is 0.783. The fourth-order valence-electron chi connectivity index (χ4n) is 5.36. The van der Waals surface area contributed by atoms with E-state index in [1.54, 1.807) is 0 Å². The van der Waals surface area contributed by atoms with Crippen molar-refractivity contribution in [1.82, 2.24) is 20.4 Å². The minimum Gasteiger partial charge on any atom is -0.357 e. The lowest BCUT2D eigenvalue weighted by Crippen LogP contribution is -2.45. The molecule has 8 heteroatoms. The van der Waals surface area contributed by atoms with Gasteiger partial charge in [0.2, 0.25) is 11.8 Å². The summed E-state index contributed by atoms with van der Waals surface area (Å²) in [6, 6.07) is 1.01. The van der Waals surface area contributed by atoms with Crippen molar-refractivity contribution in [2.24, 2.45) is 28.7 Å². The van der Waals surface area contributed by atoms with E-state index in [9.17, 15) is 9.59 Å². The van der Waals surface area contributed by atoms with Crippen molar-refractivity contribution in [2.45, 2.75) is 59.5 Å². The van der Waals surface area contributed by atoms with Gasteiger partial charge in [0, 0.05) is 44.8 Å². The van der Waals surface area contributed by atoms with Crippen LogP contribution < -0.4 is 10.6 Å². The number of allylic oxidation sites excluding steroid dienone is 2. The molecule has 1 heterocycles. The molecule has 0 spiro atoms. The number of nitrogens with zero attached hydrogens (tertiary/aromatic N) is 3. The highest BCUT2D eigenvalue weighted by atomic mass is 127. The van der Waals surface area contributed by atoms with Crippen LogP contribution in [0.1, 0.15) is 47.5 Å². The number of amides is 2. The van der Waals surface area contributed by atoms with Gasteiger partial charge in [-0.05, 0) is 59.3 Å². The van der Waals surface area contributed by atoms with E-state index in [0.717, 1.165) is 32.0 Å². The summed E-state index contributed by atoms with van der Waals surface area (Å²) in [5.41, 5.74) is 0. The number of aliphatic imine (C=N–C) groups is 1. The van der Waals surface area contributed by atoms with Gasteiger partial charge in [-0.3, -0.25) is 24.4 Å². The third-order valence-corrected chi connectivity index (χ3v) is 6.70. The molecule has 176 valence electrons. The average Bonchev–Trinajstić information content (AvgIpc) is 3.36. The minimum absolute atomic E-state index is 0. The summed E-state index contributed by atoms with van der Waals surface area (Å²) in [6.07, 6.45) is 5.95. The molecule has 4 atom stereocenters. The van der Waals surface area contributed by atoms with Crippen LogP contribution in [0.2, 0.25) is 0 Å². The number of hydrogen-bond donors (Lipinski definition) is 2. The largest absolute Gasteiger partial charge is 0.357 e. The van der Waals surface area contributed by atoms with Crippen molar-refractivity contribution < 1.29 is 9.59 Å². The highest BCUT2D eigenvalue weighted by molar-refractivity contribution is 14.0. The summed E-state index contributed by atoms with van der Waals surface area (Å²) in [6.45, 7) is 14.6. The molecule has 2 aliphatic carbocycles. The van der Waals surface area contributed by atoms with Crippen molar-refractivity contribution in [3.63, 3.8) is 0 Å². The Bertz CT molecular complexity index is 655. The first kappa shape index (κ1) is 26.1. The molecule has 1 saturated heterocycles. The first-order valence-corrected chi connectivity index (χ1v) is 11.7. The van der Waals surface area contributed by atoms with Crippen molar-refractivity contribution in [1.29, 1.82) is 0 Å². The number of fused-ring (bicyclic) bond motifs is 5. The van der Waals surface area contributed by atoms with Crippen LogP contribution in [-0.2, 0) is 9.59 Å². The number of guanidine groups is 1. The highest BCUT2D eigenvalue weighted by Crippen LogP contribution is 2.52. The van der Waals surface area contributed by atoms with Gasteiger partial charge in [-0.15, -0.1) is 24.0 Å². The number of halogens is 1. The maximum absolute atomic E-state index is 12.7. The van der Waals surface area contributed by atoms with Gasteiger partial charge in [-0.25, -0.2) is 0 Å². The van der Waals surface area contributed by atoms with Crippen molar-refractivity contribution in [3.05, 3.63) is 12.2 Å². The third-order valence-electron chi connectivity index (χ3n) is 6.70. The predicted octanol–water partition coefficient (Wildman–Crippen LogP) is 2.48. The summed E-state index contributed by atoms with van der Waals surface area (Å²) >= 11 is 0. The van der Waals surface area contributed by atoms with Crippen molar-refractivity contribution in [3.8, 4) is 0 Å². The average molecular weight is 546 g/mol. The molecular formula is C23H40IN5O2. The standard InChI is InChI=1S/C23H39N5O2.HI/c1-6-24-23(26-11-13-27(15(2)3)16(4)5)25-10-7-12-28-21(29)19-17-8-9-18(14-17)20(19)22(28)30;/h8-9,15-20H,6-7,10-14H2,1-5H3,(H2,24,25,26);1H. The van der Waals surface area contributed by atoms with Crippen LogP contribution in [0.15, 0.2) is 17.1 Å². The van der Waals surface area contributed by atoms with Gasteiger partial charge >= 0.3 is 0 Å². The molecule has 2 N–H and O–H groups in total. The van der Waals surface area contributed by atoms with E-state index >= 15 is 0 Å². The molecule has 0 radical (unpaired) electrons. The van der Waals surface area contributed by atoms with Gasteiger partial charge in [-0.1, -0.05) is 12.2 Å². The Morgan fingerprint density at radius 1 is 1.10 bits per heavy atom. The second-order valence-corrected chi connectivity index (χ2v) is 9.29. The SMILES string of the molecule is CCNC(=NCCCN1C(=O)C2C3C=CC(C3)C2C1=O)NCCN(C(C)C)C(C)C.I. The molecule has 1 saturated carbocycles. The van der Waals surface area contributed by atoms with Crippen LogP contribution in [0, 0.1) is 23.7 Å². The van der Waals surface area contributed by atoms with E-state index in [1.807, 2.05) is 6.92 Å². The summed E-state index contributed by atoms with van der Waals surface area (Å²) < 4.78 is 0. The summed E-state index contributed by atoms with van der Waals surface area (Å²) in [7, 11) is 0. The van der Waals surface area contributed by atoms with Gasteiger partial charge in [-0.2, -0.15) is 0 Å². The lowest BCUT2D eigenvalue weighted by Gasteiger charge is -2.30. The van der Waals surface area contributed by atoms with Crippen molar-refractivity contribution >= 4 is 41.8 Å². The Kier molecular flexibility index (Phi) is 9.79. The molecule has 1 aliphatic heterocycles. The van der Waals surface area contributed by atoms with Crippen LogP contribution in [0.5, 0.6) is 0 Å². The van der Waals surface area contributed by atoms with E-state index in [0.29, 0.717) is 31.6 Å². The second-order valence-electron chi connectivity index (χ2n) is 9.29. The van der Waals surface area contributed by atoms with E-state index in [4.69, 9.17) is 0 Å². The second kappa shape index (κ2) is 11.6. The van der Waals surface area contributed by atoms with Gasteiger partial charge in [0.15, 0.2) is 5.96 Å². The van der Waals surface area contributed by atoms with Crippen molar-refractivity contribution in [2.75, 3.05) is 32.7 Å². The molecule has 4 unspecified atom stereocenters. The predicted molar refractivity (Wildman–Crippen MR) is 135 cm³/mol. The van der Waals surface area contributed by atoms with E-state index in [-0.39, 0.29) is 59.5 Å². The molecule has 31 heavy (non-hydrogen) atoms. The molecule has 3 rings (SSSR count). The number of carbonyl (C=O) groups is 2. The molecule has 3 aliphatic rings. The zero-order chi connectivity index (χ0) is 21.8. The molecule has 2 amide bonds. The zero-order valence-corrected chi connectivity index (χ0v) is 22.0. The molecular weight excluding hydrogens is 505 g/mol. The molecule has 7 nitrogen and oxygen atoms in total. The summed E-state index contributed by atoms with van der Waals surface area (Å²) in [5.74, 6) is 1.24. The Morgan fingerprint density at radius 2 is 1.68 bits per heavy atom. The van der Waals surface area contributed by atoms with E-state index < -0.39 is 0 Å². The lowest BCUT2D eigenvalue weighted by molar-refractivity contribution is -0.140. The maximum Gasteiger partial charge on any atom is 0.233 e. The summed E-state index contributed by atoms with van der Waals surface area (Å²) in [4.78, 5) is 34.1. The first-order valence-electron chi connectivity index (χ1n) is 11.7. The summed E-state index contributed by atoms with van der Waals surface area (Å²) in [5, 5.41) is 6.68. The monoisotopic (exact) mass is 545 g/mol. The van der Waals surface area contributed by atoms with Gasteiger partial charge < -0.3 is 10.6 Å². The quantitative estimate of drug-likeness (QED) is 0.110. The van der Waals surface area contributed by atoms with Crippen LogP contribution in [-0.4, -0.2) is 72.4 Å². The zero-order valence-electron chi connectivity index (χ0n) is 19.6. The highest BCUT2D eigenvalue weighted by Gasteiger charge is 2.58. The smallest absolute Gasteiger partial charge is 0.233 e. The topological polar surface area (TPSA) is 77.0 Å². The lowest BCUT2D eigenvalue weighted by atomic mass is 9.85.